The Balaban J connectivity index is 1.74. The van der Waals surface area contributed by atoms with Crippen LogP contribution in [0.15, 0.2) is 64.4 Å². The standard InChI is InChI=1S/C18H16N2O3S/c1-14-7-9-16(10-8-14)18-20-19-17(23-18)13-24(21,22)12-11-15-5-3-2-4-6-15/h2-12H,13H2,1H3/b12-11-. The molecule has 1 heterocycles. The number of rotatable bonds is 5. The lowest BCUT2D eigenvalue weighted by atomic mass is 10.1. The van der Waals surface area contributed by atoms with Crippen LogP contribution in [-0.2, 0) is 15.6 Å². The summed E-state index contributed by atoms with van der Waals surface area (Å²) in [6.07, 6.45) is 1.55. The van der Waals surface area contributed by atoms with Crippen LogP contribution in [-0.4, -0.2) is 18.6 Å². The second-order valence-corrected chi connectivity index (χ2v) is 7.27. The van der Waals surface area contributed by atoms with Crippen LogP contribution in [0, 0.1) is 6.92 Å². The molecule has 0 aliphatic carbocycles. The SMILES string of the molecule is Cc1ccc(-c2nnc(CS(=O)(=O)/C=C\c3ccccc3)o2)cc1. The molecular formula is C18H16N2O3S. The summed E-state index contributed by atoms with van der Waals surface area (Å²) in [5.41, 5.74) is 2.69. The fourth-order valence-corrected chi connectivity index (χ4v) is 3.01. The number of aromatic nitrogens is 2. The van der Waals surface area contributed by atoms with Gasteiger partial charge in [0.25, 0.3) is 0 Å². The summed E-state index contributed by atoms with van der Waals surface area (Å²) >= 11 is 0. The van der Waals surface area contributed by atoms with E-state index in [0.717, 1.165) is 22.1 Å². The first kappa shape index (κ1) is 16.1. The van der Waals surface area contributed by atoms with Crippen LogP contribution in [0.2, 0.25) is 0 Å². The average molecular weight is 340 g/mol. The van der Waals surface area contributed by atoms with Gasteiger partial charge in [0.2, 0.25) is 11.8 Å². The topological polar surface area (TPSA) is 73.1 Å². The van der Waals surface area contributed by atoms with Crippen molar-refractivity contribution in [2.75, 3.05) is 0 Å². The molecule has 0 radical (unpaired) electrons. The zero-order chi connectivity index (χ0) is 17.0. The number of benzene rings is 2. The van der Waals surface area contributed by atoms with Gasteiger partial charge >= 0.3 is 0 Å². The van der Waals surface area contributed by atoms with Crippen LogP contribution in [0.1, 0.15) is 17.0 Å². The first-order valence-corrected chi connectivity index (χ1v) is 9.09. The van der Waals surface area contributed by atoms with Crippen LogP contribution in [0.25, 0.3) is 17.5 Å². The third-order valence-corrected chi connectivity index (χ3v) is 4.56. The quantitative estimate of drug-likeness (QED) is 0.709. The van der Waals surface area contributed by atoms with Crippen molar-refractivity contribution in [3.63, 3.8) is 0 Å². The molecule has 0 bridgehead atoms. The molecule has 0 aliphatic heterocycles. The van der Waals surface area contributed by atoms with E-state index in [1.165, 1.54) is 0 Å². The monoisotopic (exact) mass is 340 g/mol. The van der Waals surface area contributed by atoms with Gasteiger partial charge in [-0.15, -0.1) is 10.2 Å². The zero-order valence-electron chi connectivity index (χ0n) is 13.1. The van der Waals surface area contributed by atoms with E-state index >= 15 is 0 Å². The Morgan fingerprint density at radius 3 is 2.42 bits per heavy atom. The van der Waals surface area contributed by atoms with E-state index in [4.69, 9.17) is 4.42 Å². The van der Waals surface area contributed by atoms with E-state index in [0.29, 0.717) is 5.89 Å². The molecule has 0 amide bonds. The third kappa shape index (κ3) is 4.17. The van der Waals surface area contributed by atoms with E-state index in [9.17, 15) is 8.42 Å². The summed E-state index contributed by atoms with van der Waals surface area (Å²) < 4.78 is 29.8. The van der Waals surface area contributed by atoms with Crippen molar-refractivity contribution in [2.24, 2.45) is 0 Å². The van der Waals surface area contributed by atoms with Gasteiger partial charge in [0, 0.05) is 11.0 Å². The van der Waals surface area contributed by atoms with Gasteiger partial charge in [-0.05, 0) is 30.7 Å². The Morgan fingerprint density at radius 2 is 1.71 bits per heavy atom. The summed E-state index contributed by atoms with van der Waals surface area (Å²) in [4.78, 5) is 0. The summed E-state index contributed by atoms with van der Waals surface area (Å²) in [5.74, 6) is 0.0605. The molecule has 0 atom stereocenters. The Labute approximate surface area is 140 Å². The number of aryl methyl sites for hydroxylation is 1. The molecular weight excluding hydrogens is 324 g/mol. The van der Waals surface area contributed by atoms with E-state index in [-0.39, 0.29) is 11.6 Å². The first-order valence-electron chi connectivity index (χ1n) is 7.37. The van der Waals surface area contributed by atoms with Crippen LogP contribution < -0.4 is 0 Å². The predicted molar refractivity (Wildman–Crippen MR) is 92.6 cm³/mol. The molecule has 0 N–H and O–H groups in total. The summed E-state index contributed by atoms with van der Waals surface area (Å²) in [5, 5.41) is 8.90. The number of sulfone groups is 1. The maximum absolute atomic E-state index is 12.1. The Kier molecular flexibility index (Phi) is 4.57. The molecule has 3 aromatic rings. The Morgan fingerprint density at radius 1 is 1.00 bits per heavy atom. The van der Waals surface area contributed by atoms with Crippen molar-refractivity contribution in [2.45, 2.75) is 12.7 Å². The third-order valence-electron chi connectivity index (χ3n) is 3.36. The normalized spacial score (nSPS) is 11.9. The van der Waals surface area contributed by atoms with Crippen LogP contribution >= 0.6 is 0 Å². The molecule has 2 aromatic carbocycles. The van der Waals surface area contributed by atoms with E-state index < -0.39 is 9.84 Å². The van der Waals surface area contributed by atoms with Crippen molar-refractivity contribution in [1.82, 2.24) is 10.2 Å². The van der Waals surface area contributed by atoms with Crippen molar-refractivity contribution in [3.8, 4) is 11.5 Å². The molecule has 0 fully saturated rings. The second-order valence-electron chi connectivity index (χ2n) is 5.39. The van der Waals surface area contributed by atoms with Gasteiger partial charge in [0.1, 0.15) is 5.75 Å². The maximum Gasteiger partial charge on any atom is 0.247 e. The molecule has 6 heteroatoms. The van der Waals surface area contributed by atoms with E-state index in [1.54, 1.807) is 6.08 Å². The Hall–Kier alpha value is -2.73. The highest BCUT2D eigenvalue weighted by atomic mass is 32.2. The van der Waals surface area contributed by atoms with Crippen molar-refractivity contribution < 1.29 is 12.8 Å². The van der Waals surface area contributed by atoms with Gasteiger partial charge in [0.05, 0.1) is 0 Å². The average Bonchev–Trinajstić information content (AvgIpc) is 3.02. The minimum absolute atomic E-state index is 0.0725. The molecule has 0 spiro atoms. The van der Waals surface area contributed by atoms with Crippen molar-refractivity contribution in [3.05, 3.63) is 77.0 Å². The van der Waals surface area contributed by atoms with Gasteiger partial charge < -0.3 is 4.42 Å². The molecule has 0 saturated heterocycles. The molecule has 1 aromatic heterocycles. The van der Waals surface area contributed by atoms with Crippen LogP contribution in [0.3, 0.4) is 0 Å². The molecule has 0 saturated carbocycles. The zero-order valence-corrected chi connectivity index (χ0v) is 13.9. The van der Waals surface area contributed by atoms with E-state index in [1.807, 2.05) is 61.5 Å². The molecule has 5 nitrogen and oxygen atoms in total. The smallest absolute Gasteiger partial charge is 0.247 e. The van der Waals surface area contributed by atoms with Crippen molar-refractivity contribution in [1.29, 1.82) is 0 Å². The minimum atomic E-state index is -3.49. The van der Waals surface area contributed by atoms with Gasteiger partial charge in [-0.1, -0.05) is 48.0 Å². The van der Waals surface area contributed by atoms with Crippen molar-refractivity contribution >= 4 is 15.9 Å². The Bertz CT molecular complexity index is 943. The predicted octanol–water partition coefficient (Wildman–Crippen LogP) is 3.63. The highest BCUT2D eigenvalue weighted by molar-refractivity contribution is 7.93. The molecule has 24 heavy (non-hydrogen) atoms. The van der Waals surface area contributed by atoms with Gasteiger partial charge in [-0.3, -0.25) is 0 Å². The minimum Gasteiger partial charge on any atom is -0.420 e. The molecule has 122 valence electrons. The lowest BCUT2D eigenvalue weighted by molar-refractivity contribution is 0.520. The molecule has 0 unspecified atom stereocenters. The highest BCUT2D eigenvalue weighted by Gasteiger charge is 2.15. The van der Waals surface area contributed by atoms with Gasteiger partial charge in [0.15, 0.2) is 9.84 Å². The fourth-order valence-electron chi connectivity index (χ4n) is 2.09. The number of hydrogen-bond acceptors (Lipinski definition) is 5. The highest BCUT2D eigenvalue weighted by Crippen LogP contribution is 2.19. The van der Waals surface area contributed by atoms with Gasteiger partial charge in [-0.2, -0.15) is 0 Å². The fraction of sp³-hybridized carbons (Fsp3) is 0.111. The summed E-state index contributed by atoms with van der Waals surface area (Å²) in [7, 11) is -3.49. The number of hydrogen-bond donors (Lipinski definition) is 0. The van der Waals surface area contributed by atoms with Crippen LogP contribution in [0.4, 0.5) is 0 Å². The van der Waals surface area contributed by atoms with Gasteiger partial charge in [-0.25, -0.2) is 8.42 Å². The van der Waals surface area contributed by atoms with E-state index in [2.05, 4.69) is 10.2 Å². The lowest BCUT2D eigenvalue weighted by Crippen LogP contribution is -2.00. The largest absolute Gasteiger partial charge is 0.420 e. The number of nitrogens with zero attached hydrogens (tertiary/aromatic N) is 2. The summed E-state index contributed by atoms with van der Waals surface area (Å²) in [6.45, 7) is 1.98. The molecule has 3 rings (SSSR count). The summed E-state index contributed by atoms with van der Waals surface area (Å²) in [6, 6.07) is 16.8. The maximum atomic E-state index is 12.1. The van der Waals surface area contributed by atoms with Crippen LogP contribution in [0.5, 0.6) is 0 Å². The second kappa shape index (κ2) is 6.80. The first-order chi connectivity index (χ1) is 11.5. The lowest BCUT2D eigenvalue weighted by Gasteiger charge is -1.96. The molecule has 0 aliphatic rings.